The largest absolute Gasteiger partial charge is 0.360 e. The number of carbonyl (C=O) groups excluding carboxylic acids is 1. The van der Waals surface area contributed by atoms with Crippen LogP contribution in [0.5, 0.6) is 0 Å². The van der Waals surface area contributed by atoms with E-state index in [1.807, 2.05) is 0 Å². The number of aryl methyl sites for hydroxylation is 1. The van der Waals surface area contributed by atoms with Crippen molar-refractivity contribution in [2.45, 2.75) is 38.5 Å². The number of rotatable bonds is 10. The Hall–Kier alpha value is -3.65. The highest BCUT2D eigenvalue weighted by Crippen LogP contribution is 2.59. The van der Waals surface area contributed by atoms with Crippen molar-refractivity contribution < 1.29 is 27.0 Å². The molecule has 2 fully saturated rings. The number of amides is 1. The van der Waals surface area contributed by atoms with Crippen LogP contribution in [0.4, 0.5) is 10.1 Å². The monoisotopic (exact) mass is 685 g/mol. The first kappa shape index (κ1) is 33.3. The van der Waals surface area contributed by atoms with E-state index in [4.69, 9.17) is 16.1 Å². The minimum Gasteiger partial charge on any atom is -0.360 e. The number of nitro groups is 1. The third-order valence-corrected chi connectivity index (χ3v) is 12.5. The Morgan fingerprint density at radius 3 is 2.49 bits per heavy atom. The zero-order valence-electron chi connectivity index (χ0n) is 26.5. The minimum atomic E-state index is -3.82. The molecule has 0 radical (unpaired) electrons. The maximum atomic E-state index is 15.0. The molecule has 2 unspecified atom stereocenters. The maximum absolute atomic E-state index is 15.0. The number of nitro benzene ring substituents is 1. The lowest BCUT2D eigenvalue weighted by Gasteiger charge is -2.57. The van der Waals surface area contributed by atoms with Crippen molar-refractivity contribution in [1.29, 1.82) is 0 Å². The molecule has 0 spiro atoms. The lowest BCUT2D eigenvalue weighted by atomic mass is 9.49. The number of halogens is 2. The summed E-state index contributed by atoms with van der Waals surface area (Å²) in [6, 6.07) is 9.17. The predicted octanol–water partition coefficient (Wildman–Crippen LogP) is 5.79. The SMILES string of the molecule is Cc1onc(-c2c(F)cccc2Cl)c1C(=O)N(CCN1CCN(S(=O)(=O)c2ccc([N+](=O)[O-])cc2)CC1)CC1=CCC2CC1C2(C)C. The number of hydrogen-bond donors (Lipinski definition) is 0. The fraction of sp³-hybridized carbons (Fsp3) is 0.455. The standard InChI is InChI=1S/C33H37ClFN5O6S/c1-21-29(31(36-46-21)30-27(34)5-4-6-28(30)35)32(41)38(20-22-7-8-23-19-26(22)33(23,2)3)16-13-37-14-17-39(18-15-37)47(44,45)25-11-9-24(10-12-25)40(42)43/h4-7,9-12,23,26H,8,13-20H2,1-3H3. The smallest absolute Gasteiger partial charge is 0.269 e. The summed E-state index contributed by atoms with van der Waals surface area (Å²) in [4.78, 5) is 28.7. The fourth-order valence-electron chi connectivity index (χ4n) is 7.15. The third-order valence-electron chi connectivity index (χ3n) is 10.2. The van der Waals surface area contributed by atoms with E-state index >= 15 is 0 Å². The van der Waals surface area contributed by atoms with Gasteiger partial charge in [-0.3, -0.25) is 19.8 Å². The van der Waals surface area contributed by atoms with Gasteiger partial charge in [0, 0.05) is 57.9 Å². The van der Waals surface area contributed by atoms with Gasteiger partial charge in [0.25, 0.3) is 11.6 Å². The molecule has 47 heavy (non-hydrogen) atoms. The summed E-state index contributed by atoms with van der Waals surface area (Å²) >= 11 is 6.37. The van der Waals surface area contributed by atoms with Gasteiger partial charge in [0.15, 0.2) is 0 Å². The second-order valence-corrected chi connectivity index (χ2v) is 15.4. The average Bonchev–Trinajstić information content (AvgIpc) is 3.43. The summed E-state index contributed by atoms with van der Waals surface area (Å²) in [6.07, 6.45) is 4.31. The molecule has 250 valence electrons. The summed E-state index contributed by atoms with van der Waals surface area (Å²) in [5, 5.41) is 15.2. The van der Waals surface area contributed by atoms with Crippen LogP contribution in [0.15, 0.2) is 63.5 Å². The first-order valence-electron chi connectivity index (χ1n) is 15.6. The van der Waals surface area contributed by atoms with Crippen molar-refractivity contribution in [2.75, 3.05) is 45.8 Å². The van der Waals surface area contributed by atoms with E-state index in [0.29, 0.717) is 44.6 Å². The van der Waals surface area contributed by atoms with Gasteiger partial charge in [0.05, 0.1) is 20.4 Å². The molecule has 3 aliphatic carbocycles. The molecule has 1 saturated heterocycles. The number of aromatic nitrogens is 1. The molecule has 2 bridgehead atoms. The number of nitrogens with zero attached hydrogens (tertiary/aromatic N) is 5. The molecule has 2 heterocycles. The fourth-order valence-corrected chi connectivity index (χ4v) is 8.82. The number of carbonyl (C=O) groups is 1. The quantitative estimate of drug-likeness (QED) is 0.149. The van der Waals surface area contributed by atoms with Gasteiger partial charge in [-0.25, -0.2) is 12.8 Å². The summed E-state index contributed by atoms with van der Waals surface area (Å²) < 4.78 is 48.2. The van der Waals surface area contributed by atoms with Crippen molar-refractivity contribution in [2.24, 2.45) is 17.3 Å². The van der Waals surface area contributed by atoms with Gasteiger partial charge in [-0.15, -0.1) is 0 Å². The first-order chi connectivity index (χ1) is 22.3. The van der Waals surface area contributed by atoms with E-state index in [2.05, 4.69) is 30.0 Å². The van der Waals surface area contributed by atoms with Gasteiger partial charge in [-0.1, -0.05) is 48.3 Å². The van der Waals surface area contributed by atoms with E-state index in [9.17, 15) is 27.7 Å². The summed E-state index contributed by atoms with van der Waals surface area (Å²) in [7, 11) is -3.82. The van der Waals surface area contributed by atoms with Crippen LogP contribution >= 0.6 is 11.6 Å². The Morgan fingerprint density at radius 1 is 1.17 bits per heavy atom. The molecule has 0 N–H and O–H groups in total. The Morgan fingerprint density at radius 2 is 1.87 bits per heavy atom. The number of allylic oxidation sites excluding steroid dienone is 1. The van der Waals surface area contributed by atoms with Crippen LogP contribution in [0.1, 0.15) is 42.8 Å². The number of hydrogen-bond acceptors (Lipinski definition) is 8. The Kier molecular flexibility index (Phi) is 9.02. The third kappa shape index (κ3) is 6.21. The van der Waals surface area contributed by atoms with Gasteiger partial charge in [0.1, 0.15) is 22.8 Å². The topological polar surface area (TPSA) is 130 Å². The van der Waals surface area contributed by atoms with Gasteiger partial charge in [-0.05, 0) is 61.3 Å². The van der Waals surface area contributed by atoms with Gasteiger partial charge in [-0.2, -0.15) is 4.31 Å². The molecule has 1 aromatic heterocycles. The van der Waals surface area contributed by atoms with Crippen LogP contribution in [0.2, 0.25) is 5.02 Å². The lowest BCUT2D eigenvalue weighted by molar-refractivity contribution is -0.384. The molecule has 14 heteroatoms. The van der Waals surface area contributed by atoms with Crippen molar-refractivity contribution >= 4 is 33.2 Å². The van der Waals surface area contributed by atoms with Crippen LogP contribution in [0, 0.1) is 40.1 Å². The molecule has 1 saturated carbocycles. The number of benzene rings is 2. The highest BCUT2D eigenvalue weighted by molar-refractivity contribution is 7.89. The van der Waals surface area contributed by atoms with E-state index in [1.165, 1.54) is 46.3 Å². The molecule has 2 aromatic carbocycles. The zero-order chi connectivity index (χ0) is 33.7. The zero-order valence-corrected chi connectivity index (χ0v) is 28.1. The Labute approximate surface area is 278 Å². The minimum absolute atomic E-state index is 0.00471. The van der Waals surface area contributed by atoms with Crippen molar-refractivity contribution in [3.05, 3.63) is 86.4 Å². The summed E-state index contributed by atoms with van der Waals surface area (Å²) in [5.41, 5.74) is 1.43. The molecule has 1 amide bonds. The molecule has 11 nitrogen and oxygen atoms in total. The summed E-state index contributed by atoms with van der Waals surface area (Å²) in [6.45, 7) is 8.76. The van der Waals surface area contributed by atoms with E-state index in [-0.39, 0.29) is 62.6 Å². The molecular formula is C33H37ClFN5O6S. The van der Waals surface area contributed by atoms with Crippen LogP contribution < -0.4 is 0 Å². The van der Waals surface area contributed by atoms with E-state index in [0.717, 1.165) is 12.8 Å². The molecule has 7 rings (SSSR count). The van der Waals surface area contributed by atoms with Crippen LogP contribution in [0.3, 0.4) is 0 Å². The Balaban J connectivity index is 1.19. The molecule has 3 aromatic rings. The van der Waals surface area contributed by atoms with Crippen LogP contribution in [-0.4, -0.2) is 84.3 Å². The normalized spacial score (nSPS) is 21.2. The molecule has 1 aliphatic heterocycles. The maximum Gasteiger partial charge on any atom is 0.269 e. The number of fused-ring (bicyclic) bond motifs is 1. The van der Waals surface area contributed by atoms with Gasteiger partial charge in [0.2, 0.25) is 10.0 Å². The highest BCUT2D eigenvalue weighted by Gasteiger charge is 2.51. The van der Waals surface area contributed by atoms with Gasteiger partial charge >= 0.3 is 0 Å². The van der Waals surface area contributed by atoms with Crippen LogP contribution in [0.25, 0.3) is 11.3 Å². The Bertz CT molecular complexity index is 1820. The number of non-ortho nitro benzene ring substituents is 1. The second-order valence-electron chi connectivity index (χ2n) is 13.1. The summed E-state index contributed by atoms with van der Waals surface area (Å²) in [5.74, 6) is 0.326. The molecule has 2 atom stereocenters. The second kappa shape index (κ2) is 12.8. The number of piperazine rings is 1. The van der Waals surface area contributed by atoms with Crippen LogP contribution in [-0.2, 0) is 10.0 Å². The molecular weight excluding hydrogens is 649 g/mol. The first-order valence-corrected chi connectivity index (χ1v) is 17.5. The van der Waals surface area contributed by atoms with Crippen molar-refractivity contribution in [3.8, 4) is 11.3 Å². The average molecular weight is 686 g/mol. The van der Waals surface area contributed by atoms with E-state index in [1.54, 1.807) is 17.9 Å². The predicted molar refractivity (Wildman–Crippen MR) is 174 cm³/mol. The number of sulfonamides is 1. The van der Waals surface area contributed by atoms with Crippen molar-refractivity contribution in [3.63, 3.8) is 0 Å². The van der Waals surface area contributed by atoms with Gasteiger partial charge < -0.3 is 9.42 Å². The highest BCUT2D eigenvalue weighted by atomic mass is 35.5. The lowest BCUT2D eigenvalue weighted by Crippen LogP contribution is -2.52. The van der Waals surface area contributed by atoms with Crippen molar-refractivity contribution in [1.82, 2.24) is 19.3 Å². The molecule has 4 aliphatic rings. The van der Waals surface area contributed by atoms with E-state index < -0.39 is 20.8 Å².